The van der Waals surface area contributed by atoms with Crippen LogP contribution in [0.25, 0.3) is 11.4 Å². The van der Waals surface area contributed by atoms with Gasteiger partial charge in [0.25, 0.3) is 0 Å². The third-order valence-electron chi connectivity index (χ3n) is 2.68. The Morgan fingerprint density at radius 1 is 1.28 bits per heavy atom. The molecule has 2 rings (SSSR count). The first kappa shape index (κ1) is 12.5. The van der Waals surface area contributed by atoms with Crippen LogP contribution in [-0.4, -0.2) is 21.9 Å². The average molecular weight is 249 g/mol. The Morgan fingerprint density at radius 2 is 2.00 bits per heavy atom. The first-order chi connectivity index (χ1) is 8.43. The van der Waals surface area contributed by atoms with Gasteiger partial charge in [0, 0.05) is 11.1 Å². The lowest BCUT2D eigenvalue weighted by atomic mass is 10.1. The van der Waals surface area contributed by atoms with Crippen LogP contribution in [0.3, 0.4) is 0 Å². The molecule has 0 unspecified atom stereocenters. The Kier molecular flexibility index (Phi) is 3.07. The SMILES string of the molecule is COc1ccc(-c2nncn2C(C)(C)C)cc1F. The summed E-state index contributed by atoms with van der Waals surface area (Å²) in [5, 5.41) is 7.95. The summed E-state index contributed by atoms with van der Waals surface area (Å²) >= 11 is 0. The second-order valence-electron chi connectivity index (χ2n) is 5.04. The minimum absolute atomic E-state index is 0.158. The summed E-state index contributed by atoms with van der Waals surface area (Å²) in [6.07, 6.45) is 1.65. The van der Waals surface area contributed by atoms with E-state index in [4.69, 9.17) is 4.74 Å². The summed E-state index contributed by atoms with van der Waals surface area (Å²) in [4.78, 5) is 0. The van der Waals surface area contributed by atoms with Gasteiger partial charge in [-0.1, -0.05) is 0 Å². The molecule has 18 heavy (non-hydrogen) atoms. The number of rotatable bonds is 2. The summed E-state index contributed by atoms with van der Waals surface area (Å²) < 4.78 is 20.5. The minimum Gasteiger partial charge on any atom is -0.494 e. The van der Waals surface area contributed by atoms with Crippen molar-refractivity contribution in [3.63, 3.8) is 0 Å². The molecule has 0 saturated carbocycles. The fourth-order valence-corrected chi connectivity index (χ4v) is 1.73. The lowest BCUT2D eigenvalue weighted by Gasteiger charge is -2.22. The van der Waals surface area contributed by atoms with E-state index in [1.807, 2.05) is 25.3 Å². The number of methoxy groups -OCH3 is 1. The van der Waals surface area contributed by atoms with E-state index in [9.17, 15) is 4.39 Å². The fourth-order valence-electron chi connectivity index (χ4n) is 1.73. The largest absolute Gasteiger partial charge is 0.494 e. The number of benzene rings is 1. The van der Waals surface area contributed by atoms with Gasteiger partial charge in [-0.3, -0.25) is 0 Å². The van der Waals surface area contributed by atoms with Crippen LogP contribution in [0.15, 0.2) is 24.5 Å². The van der Waals surface area contributed by atoms with E-state index in [0.29, 0.717) is 11.4 Å². The van der Waals surface area contributed by atoms with Gasteiger partial charge in [0.15, 0.2) is 17.4 Å². The molecule has 0 aliphatic heterocycles. The third-order valence-corrected chi connectivity index (χ3v) is 2.68. The van der Waals surface area contributed by atoms with Crippen LogP contribution in [-0.2, 0) is 5.54 Å². The Hall–Kier alpha value is -1.91. The molecule has 96 valence electrons. The smallest absolute Gasteiger partial charge is 0.165 e. The number of ether oxygens (including phenoxy) is 1. The van der Waals surface area contributed by atoms with E-state index >= 15 is 0 Å². The zero-order valence-corrected chi connectivity index (χ0v) is 10.9. The van der Waals surface area contributed by atoms with Gasteiger partial charge < -0.3 is 9.30 Å². The summed E-state index contributed by atoms with van der Waals surface area (Å²) in [6.45, 7) is 6.12. The number of hydrogen-bond acceptors (Lipinski definition) is 3. The topological polar surface area (TPSA) is 39.9 Å². The van der Waals surface area contributed by atoms with Gasteiger partial charge in [0.05, 0.1) is 7.11 Å². The second-order valence-corrected chi connectivity index (χ2v) is 5.04. The van der Waals surface area contributed by atoms with Crippen molar-refractivity contribution in [1.82, 2.24) is 14.8 Å². The van der Waals surface area contributed by atoms with Gasteiger partial charge in [-0.2, -0.15) is 0 Å². The predicted octanol–water partition coefficient (Wildman–Crippen LogP) is 2.85. The molecule has 0 radical (unpaired) electrons. The molecule has 0 amide bonds. The molecule has 0 spiro atoms. The van der Waals surface area contributed by atoms with E-state index in [-0.39, 0.29) is 11.3 Å². The van der Waals surface area contributed by atoms with Gasteiger partial charge in [-0.25, -0.2) is 4.39 Å². The molecule has 4 nitrogen and oxygen atoms in total. The van der Waals surface area contributed by atoms with Gasteiger partial charge in [0.2, 0.25) is 0 Å². The van der Waals surface area contributed by atoms with Crippen molar-refractivity contribution in [2.45, 2.75) is 26.3 Å². The van der Waals surface area contributed by atoms with Crippen molar-refractivity contribution in [1.29, 1.82) is 0 Å². The fraction of sp³-hybridized carbons (Fsp3) is 0.385. The van der Waals surface area contributed by atoms with Gasteiger partial charge >= 0.3 is 0 Å². The molecular formula is C13H16FN3O. The van der Waals surface area contributed by atoms with Crippen LogP contribution in [0, 0.1) is 5.82 Å². The van der Waals surface area contributed by atoms with Crippen molar-refractivity contribution in [2.75, 3.05) is 7.11 Å². The van der Waals surface area contributed by atoms with Crippen LogP contribution < -0.4 is 4.74 Å². The highest BCUT2D eigenvalue weighted by Crippen LogP contribution is 2.27. The molecular weight excluding hydrogens is 233 g/mol. The maximum atomic E-state index is 13.7. The summed E-state index contributed by atoms with van der Waals surface area (Å²) in [5.74, 6) is 0.461. The zero-order chi connectivity index (χ0) is 13.3. The highest BCUT2D eigenvalue weighted by atomic mass is 19.1. The lowest BCUT2D eigenvalue weighted by molar-refractivity contribution is 0.386. The van der Waals surface area contributed by atoms with Crippen molar-refractivity contribution in [3.05, 3.63) is 30.3 Å². The van der Waals surface area contributed by atoms with Crippen LogP contribution in [0.1, 0.15) is 20.8 Å². The molecule has 0 saturated heterocycles. The molecule has 1 aromatic heterocycles. The van der Waals surface area contributed by atoms with Crippen LogP contribution in [0.5, 0.6) is 5.75 Å². The quantitative estimate of drug-likeness (QED) is 0.821. The van der Waals surface area contributed by atoms with E-state index < -0.39 is 5.82 Å². The first-order valence-corrected chi connectivity index (χ1v) is 5.68. The number of aromatic nitrogens is 3. The minimum atomic E-state index is -0.404. The average Bonchev–Trinajstić information content (AvgIpc) is 2.77. The van der Waals surface area contributed by atoms with E-state index in [1.54, 1.807) is 18.5 Å². The molecule has 0 aliphatic rings. The summed E-state index contributed by atoms with van der Waals surface area (Å²) in [6, 6.07) is 4.77. The van der Waals surface area contributed by atoms with Crippen molar-refractivity contribution in [2.24, 2.45) is 0 Å². The van der Waals surface area contributed by atoms with Crippen molar-refractivity contribution < 1.29 is 9.13 Å². The van der Waals surface area contributed by atoms with Gasteiger partial charge in [-0.05, 0) is 39.0 Å². The number of nitrogens with zero attached hydrogens (tertiary/aromatic N) is 3. The Balaban J connectivity index is 2.50. The Morgan fingerprint density at radius 3 is 2.56 bits per heavy atom. The van der Waals surface area contributed by atoms with Gasteiger partial charge in [0.1, 0.15) is 6.33 Å². The van der Waals surface area contributed by atoms with Crippen LogP contribution >= 0.6 is 0 Å². The molecule has 2 aromatic rings. The van der Waals surface area contributed by atoms with Crippen LogP contribution in [0.2, 0.25) is 0 Å². The molecule has 0 fully saturated rings. The molecule has 1 aromatic carbocycles. The molecule has 0 bridgehead atoms. The first-order valence-electron chi connectivity index (χ1n) is 5.68. The Bertz CT molecular complexity index is 558. The van der Waals surface area contributed by atoms with Crippen LogP contribution in [0.4, 0.5) is 4.39 Å². The summed E-state index contributed by atoms with van der Waals surface area (Å²) in [5.41, 5.74) is 0.524. The highest BCUT2D eigenvalue weighted by Gasteiger charge is 2.19. The van der Waals surface area contributed by atoms with Crippen molar-refractivity contribution in [3.8, 4) is 17.1 Å². The monoisotopic (exact) mass is 249 g/mol. The van der Waals surface area contributed by atoms with Gasteiger partial charge in [-0.15, -0.1) is 10.2 Å². The molecule has 0 atom stereocenters. The molecule has 1 heterocycles. The normalized spacial score (nSPS) is 11.6. The zero-order valence-electron chi connectivity index (χ0n) is 10.9. The number of hydrogen-bond donors (Lipinski definition) is 0. The molecule has 0 aliphatic carbocycles. The third kappa shape index (κ3) is 2.20. The lowest BCUT2D eigenvalue weighted by Crippen LogP contribution is -2.21. The molecule has 5 heteroatoms. The maximum absolute atomic E-state index is 13.7. The van der Waals surface area contributed by atoms with Crippen molar-refractivity contribution >= 4 is 0 Å². The standard InChI is InChI=1S/C13H16FN3O/c1-13(2,3)17-8-15-16-12(17)9-5-6-11(18-4)10(14)7-9/h5-8H,1-4H3. The highest BCUT2D eigenvalue weighted by molar-refractivity contribution is 5.57. The van der Waals surface area contributed by atoms with E-state index in [1.165, 1.54) is 13.2 Å². The predicted molar refractivity (Wildman–Crippen MR) is 67.0 cm³/mol. The maximum Gasteiger partial charge on any atom is 0.165 e. The summed E-state index contributed by atoms with van der Waals surface area (Å²) in [7, 11) is 1.44. The Labute approximate surface area is 105 Å². The second kappa shape index (κ2) is 4.40. The number of halogens is 1. The van der Waals surface area contributed by atoms with E-state index in [2.05, 4.69) is 10.2 Å². The van der Waals surface area contributed by atoms with E-state index in [0.717, 1.165) is 0 Å². The molecule has 0 N–H and O–H groups in total.